The number of imidazole rings is 1. The molecule has 0 saturated carbocycles. The van der Waals surface area contributed by atoms with E-state index >= 15 is 0 Å². The highest BCUT2D eigenvalue weighted by molar-refractivity contribution is 6.09. The number of rotatable bonds is 4. The van der Waals surface area contributed by atoms with Crippen molar-refractivity contribution in [1.29, 1.82) is 0 Å². The lowest BCUT2D eigenvalue weighted by atomic mass is 9.88. The number of aromatic nitrogens is 5. The summed E-state index contributed by atoms with van der Waals surface area (Å²) in [5.41, 5.74) is 7.20. The lowest BCUT2D eigenvalue weighted by Gasteiger charge is -2.20. The maximum Gasteiger partial charge on any atom is 0.201 e. The fourth-order valence-corrected chi connectivity index (χ4v) is 6.08. The molecule has 0 aliphatic rings. The molecule has 0 spiro atoms. The summed E-state index contributed by atoms with van der Waals surface area (Å²) in [6.07, 6.45) is 3.74. The van der Waals surface area contributed by atoms with Gasteiger partial charge in [0, 0.05) is 34.5 Å². The largest absolute Gasteiger partial charge is 0.453 e. The predicted molar refractivity (Wildman–Crippen MR) is 185 cm³/mol. The molecule has 0 aliphatic heterocycles. The Morgan fingerprint density at radius 1 is 0.674 bits per heavy atom. The van der Waals surface area contributed by atoms with E-state index in [0.29, 0.717) is 23.0 Å². The third-order valence-electron chi connectivity index (χ3n) is 8.53. The molecule has 0 aliphatic carbocycles. The smallest absolute Gasteiger partial charge is 0.201 e. The van der Waals surface area contributed by atoms with Crippen molar-refractivity contribution >= 4 is 43.9 Å². The van der Waals surface area contributed by atoms with E-state index in [1.807, 2.05) is 48.9 Å². The minimum Gasteiger partial charge on any atom is -0.453 e. The van der Waals surface area contributed by atoms with E-state index in [9.17, 15) is 0 Å². The first-order valence-electron chi connectivity index (χ1n) is 15.6. The van der Waals surface area contributed by atoms with Crippen molar-refractivity contribution in [3.8, 4) is 23.0 Å². The monoisotopic (exact) mass is 605 g/mol. The van der Waals surface area contributed by atoms with E-state index in [1.165, 1.54) is 5.56 Å². The molecular weight excluding hydrogens is 570 g/mol. The molecule has 46 heavy (non-hydrogen) atoms. The number of oxazole rings is 1. The van der Waals surface area contributed by atoms with E-state index in [2.05, 4.69) is 110 Å². The summed E-state index contributed by atoms with van der Waals surface area (Å²) in [6.45, 7) is 13.0. The molecule has 8 rings (SSSR count). The fourth-order valence-electron chi connectivity index (χ4n) is 6.08. The molecule has 0 N–H and O–H groups in total. The molecule has 0 saturated heterocycles. The zero-order chi connectivity index (χ0) is 31.8. The maximum atomic E-state index is 6.74. The fraction of sp³-hybridized carbons (Fsp3) is 0.205. The summed E-state index contributed by atoms with van der Waals surface area (Å²) < 4.78 is 17.4. The molecule has 4 heterocycles. The van der Waals surface area contributed by atoms with Crippen LogP contribution in [0.5, 0.6) is 11.5 Å². The molecule has 8 aromatic rings. The van der Waals surface area contributed by atoms with Gasteiger partial charge in [-0.25, -0.2) is 15.0 Å². The first-order chi connectivity index (χ1) is 22.0. The van der Waals surface area contributed by atoms with Crippen molar-refractivity contribution in [1.82, 2.24) is 24.1 Å². The van der Waals surface area contributed by atoms with Crippen LogP contribution in [0.2, 0.25) is 0 Å². The SMILES string of the molecule is CC(C)(C)c1ccnc(-n2c3ccccc3c3ccc(Oc4cc(-n5cnc6ccccc65)cc5nc(C(C)(C)C)oc45)cc32)c1. The van der Waals surface area contributed by atoms with Crippen molar-refractivity contribution in [2.75, 3.05) is 0 Å². The van der Waals surface area contributed by atoms with Crippen LogP contribution in [0.15, 0.2) is 108 Å². The van der Waals surface area contributed by atoms with Crippen LogP contribution in [0.25, 0.3) is 55.4 Å². The number of nitrogens with zero attached hydrogens (tertiary/aromatic N) is 5. The molecular formula is C39H35N5O2. The van der Waals surface area contributed by atoms with Crippen LogP contribution in [-0.2, 0) is 10.8 Å². The molecule has 0 fully saturated rings. The number of fused-ring (bicyclic) bond motifs is 5. The molecule has 0 bridgehead atoms. The predicted octanol–water partition coefficient (Wildman–Crippen LogP) is 10.0. The van der Waals surface area contributed by atoms with Gasteiger partial charge in [-0.2, -0.15) is 0 Å². The van der Waals surface area contributed by atoms with E-state index in [-0.39, 0.29) is 10.8 Å². The minimum absolute atomic E-state index is 0.00927. The lowest BCUT2D eigenvalue weighted by Crippen LogP contribution is -2.12. The van der Waals surface area contributed by atoms with E-state index in [4.69, 9.17) is 19.1 Å². The summed E-state index contributed by atoms with van der Waals surface area (Å²) >= 11 is 0. The van der Waals surface area contributed by atoms with Crippen LogP contribution >= 0.6 is 0 Å². The van der Waals surface area contributed by atoms with Crippen LogP contribution in [0.1, 0.15) is 53.0 Å². The van der Waals surface area contributed by atoms with Crippen LogP contribution in [-0.4, -0.2) is 24.1 Å². The lowest BCUT2D eigenvalue weighted by molar-refractivity contribution is 0.401. The van der Waals surface area contributed by atoms with Crippen LogP contribution in [0.4, 0.5) is 0 Å². The summed E-state index contributed by atoms with van der Waals surface area (Å²) in [5, 5.41) is 2.29. The molecule has 0 unspecified atom stereocenters. The van der Waals surface area contributed by atoms with E-state index in [0.717, 1.165) is 49.9 Å². The summed E-state index contributed by atoms with van der Waals surface area (Å²) in [5.74, 6) is 2.80. The second kappa shape index (κ2) is 10.0. The van der Waals surface area contributed by atoms with Gasteiger partial charge < -0.3 is 9.15 Å². The summed E-state index contributed by atoms with van der Waals surface area (Å²) in [6, 6.07) is 31.1. The van der Waals surface area contributed by atoms with Gasteiger partial charge in [-0.15, -0.1) is 0 Å². The average molecular weight is 606 g/mol. The number of pyridine rings is 1. The Morgan fingerprint density at radius 2 is 1.43 bits per heavy atom. The van der Waals surface area contributed by atoms with Gasteiger partial charge in [0.1, 0.15) is 23.4 Å². The van der Waals surface area contributed by atoms with Gasteiger partial charge in [-0.1, -0.05) is 71.9 Å². The Morgan fingerprint density at radius 3 is 2.24 bits per heavy atom. The Balaban J connectivity index is 1.31. The van der Waals surface area contributed by atoms with E-state index in [1.54, 1.807) is 0 Å². The van der Waals surface area contributed by atoms with Crippen LogP contribution in [0.3, 0.4) is 0 Å². The topological polar surface area (TPSA) is 70.9 Å². The number of benzene rings is 4. The first-order valence-corrected chi connectivity index (χ1v) is 15.6. The van der Waals surface area contributed by atoms with Crippen molar-refractivity contribution in [2.24, 2.45) is 0 Å². The highest BCUT2D eigenvalue weighted by Gasteiger charge is 2.24. The summed E-state index contributed by atoms with van der Waals surface area (Å²) in [4.78, 5) is 14.4. The maximum absolute atomic E-state index is 6.74. The molecule has 0 amide bonds. The Bertz CT molecular complexity index is 2430. The first kappa shape index (κ1) is 28.1. The van der Waals surface area contributed by atoms with Crippen LogP contribution in [0, 0.1) is 0 Å². The number of ether oxygens (including phenoxy) is 1. The third-order valence-corrected chi connectivity index (χ3v) is 8.53. The normalized spacial score (nSPS) is 12.6. The van der Waals surface area contributed by atoms with Crippen LogP contribution < -0.4 is 4.74 Å². The second-order valence-corrected chi connectivity index (χ2v) is 14.0. The molecule has 228 valence electrons. The van der Waals surface area contributed by atoms with Gasteiger partial charge in [0.25, 0.3) is 0 Å². The molecule has 7 heteroatoms. The van der Waals surface area contributed by atoms with Gasteiger partial charge in [0.2, 0.25) is 5.89 Å². The molecule has 4 aromatic heterocycles. The van der Waals surface area contributed by atoms with Gasteiger partial charge >= 0.3 is 0 Å². The average Bonchev–Trinajstić information content (AvgIpc) is 3.74. The Kier molecular flexibility index (Phi) is 6.13. The van der Waals surface area contributed by atoms with Gasteiger partial charge in [0.05, 0.1) is 27.8 Å². The zero-order valence-electron chi connectivity index (χ0n) is 26.9. The van der Waals surface area contributed by atoms with E-state index < -0.39 is 0 Å². The molecule has 7 nitrogen and oxygen atoms in total. The zero-order valence-corrected chi connectivity index (χ0v) is 26.9. The summed E-state index contributed by atoms with van der Waals surface area (Å²) in [7, 11) is 0. The number of hydrogen-bond donors (Lipinski definition) is 0. The Hall–Kier alpha value is -5.43. The molecule has 0 atom stereocenters. The van der Waals surface area contributed by atoms with Crippen molar-refractivity contribution in [3.63, 3.8) is 0 Å². The highest BCUT2D eigenvalue weighted by atomic mass is 16.5. The highest BCUT2D eigenvalue weighted by Crippen LogP contribution is 2.39. The minimum atomic E-state index is -0.271. The quantitative estimate of drug-likeness (QED) is 0.200. The van der Waals surface area contributed by atoms with Gasteiger partial charge in [0.15, 0.2) is 11.3 Å². The molecule has 0 radical (unpaired) electrons. The third kappa shape index (κ3) is 4.62. The Labute approximate surface area is 267 Å². The van der Waals surface area contributed by atoms with Gasteiger partial charge in [-0.3, -0.25) is 9.13 Å². The van der Waals surface area contributed by atoms with Crippen molar-refractivity contribution in [2.45, 2.75) is 52.4 Å². The van der Waals surface area contributed by atoms with Crippen molar-refractivity contribution in [3.05, 3.63) is 115 Å². The molecule has 4 aromatic carbocycles. The number of hydrogen-bond acceptors (Lipinski definition) is 5. The standard InChI is InChI=1S/C39H35N5O2/c1-38(2,3)24-17-18-40-35(19-24)44-31-13-9-7-11-27(31)28-16-15-26(22-33(28)44)45-34-21-25(43-23-41-29-12-8-10-14-32(29)43)20-30-36(34)46-37(42-30)39(4,5)6/h7-23H,1-6H3. The van der Waals surface area contributed by atoms with Crippen molar-refractivity contribution < 1.29 is 9.15 Å². The second-order valence-electron chi connectivity index (χ2n) is 14.0. The number of para-hydroxylation sites is 3. The van der Waals surface area contributed by atoms with Gasteiger partial charge in [-0.05, 0) is 59.5 Å².